The number of aryl methyl sites for hydroxylation is 3. The second-order valence-electron chi connectivity index (χ2n) is 4.76. The van der Waals surface area contributed by atoms with E-state index in [0.717, 1.165) is 23.3 Å². The molecule has 0 saturated carbocycles. The SMILES string of the molecule is CCCNC(=O)NCCOc1c(C)cc(C)cc1C. The van der Waals surface area contributed by atoms with Gasteiger partial charge in [-0.2, -0.15) is 0 Å². The summed E-state index contributed by atoms with van der Waals surface area (Å²) >= 11 is 0. The topological polar surface area (TPSA) is 50.4 Å². The van der Waals surface area contributed by atoms with E-state index in [-0.39, 0.29) is 6.03 Å². The first-order valence-electron chi connectivity index (χ1n) is 6.77. The fraction of sp³-hybridized carbons (Fsp3) is 0.533. The summed E-state index contributed by atoms with van der Waals surface area (Å²) in [5.74, 6) is 0.918. The molecular formula is C15H24N2O2. The third-order valence-electron chi connectivity index (χ3n) is 2.77. The molecule has 0 aliphatic heterocycles. The maximum Gasteiger partial charge on any atom is 0.314 e. The van der Waals surface area contributed by atoms with Gasteiger partial charge >= 0.3 is 6.03 Å². The Labute approximate surface area is 115 Å². The molecule has 1 aromatic carbocycles. The van der Waals surface area contributed by atoms with Crippen molar-refractivity contribution in [1.82, 2.24) is 10.6 Å². The van der Waals surface area contributed by atoms with Crippen molar-refractivity contribution in [2.45, 2.75) is 34.1 Å². The summed E-state index contributed by atoms with van der Waals surface area (Å²) in [5, 5.41) is 5.52. The monoisotopic (exact) mass is 264 g/mol. The summed E-state index contributed by atoms with van der Waals surface area (Å²) in [7, 11) is 0. The molecule has 0 heterocycles. The minimum atomic E-state index is -0.136. The highest BCUT2D eigenvalue weighted by Gasteiger charge is 2.05. The third kappa shape index (κ3) is 5.20. The van der Waals surface area contributed by atoms with Gasteiger partial charge in [0.1, 0.15) is 12.4 Å². The van der Waals surface area contributed by atoms with Gasteiger partial charge in [-0.15, -0.1) is 0 Å². The molecule has 0 unspecified atom stereocenters. The molecular weight excluding hydrogens is 240 g/mol. The summed E-state index contributed by atoms with van der Waals surface area (Å²) in [4.78, 5) is 11.3. The molecule has 19 heavy (non-hydrogen) atoms. The molecule has 0 radical (unpaired) electrons. The molecule has 2 N–H and O–H groups in total. The Kier molecular flexibility index (Phi) is 6.19. The molecule has 0 fully saturated rings. The van der Waals surface area contributed by atoms with Gasteiger partial charge in [-0.3, -0.25) is 0 Å². The number of urea groups is 1. The molecule has 4 heteroatoms. The largest absolute Gasteiger partial charge is 0.491 e. The van der Waals surface area contributed by atoms with E-state index in [4.69, 9.17) is 4.74 Å². The van der Waals surface area contributed by atoms with E-state index in [1.807, 2.05) is 20.8 Å². The minimum absolute atomic E-state index is 0.136. The fourth-order valence-corrected chi connectivity index (χ4v) is 2.01. The lowest BCUT2D eigenvalue weighted by molar-refractivity contribution is 0.236. The number of hydrogen-bond acceptors (Lipinski definition) is 2. The zero-order valence-corrected chi connectivity index (χ0v) is 12.3. The van der Waals surface area contributed by atoms with E-state index in [2.05, 4.69) is 29.7 Å². The highest BCUT2D eigenvalue weighted by atomic mass is 16.5. The summed E-state index contributed by atoms with van der Waals surface area (Å²) in [6.07, 6.45) is 0.936. The molecule has 0 spiro atoms. The number of amides is 2. The molecule has 0 bridgehead atoms. The Morgan fingerprint density at radius 3 is 2.26 bits per heavy atom. The summed E-state index contributed by atoms with van der Waals surface area (Å²) in [5.41, 5.74) is 3.50. The standard InChI is InChI=1S/C15H24N2O2/c1-5-6-16-15(18)17-7-8-19-14-12(3)9-11(2)10-13(14)4/h9-10H,5-8H2,1-4H3,(H2,16,17,18). The Balaban J connectivity index is 2.36. The first-order valence-corrected chi connectivity index (χ1v) is 6.77. The number of ether oxygens (including phenoxy) is 1. The number of benzene rings is 1. The van der Waals surface area contributed by atoms with Gasteiger partial charge in [0.2, 0.25) is 0 Å². The lowest BCUT2D eigenvalue weighted by Crippen LogP contribution is -2.38. The zero-order valence-electron chi connectivity index (χ0n) is 12.3. The fourth-order valence-electron chi connectivity index (χ4n) is 2.01. The van der Waals surface area contributed by atoms with Crippen molar-refractivity contribution < 1.29 is 9.53 Å². The van der Waals surface area contributed by atoms with Gasteiger partial charge < -0.3 is 15.4 Å². The van der Waals surface area contributed by atoms with Crippen molar-refractivity contribution in [3.8, 4) is 5.75 Å². The number of rotatable bonds is 6. The van der Waals surface area contributed by atoms with Crippen molar-refractivity contribution >= 4 is 6.03 Å². The molecule has 0 saturated heterocycles. The predicted molar refractivity (Wildman–Crippen MR) is 77.8 cm³/mol. The van der Waals surface area contributed by atoms with Gasteiger partial charge in [-0.05, 0) is 38.3 Å². The molecule has 0 aromatic heterocycles. The quantitative estimate of drug-likeness (QED) is 0.776. The van der Waals surface area contributed by atoms with Crippen molar-refractivity contribution in [2.24, 2.45) is 0 Å². The average Bonchev–Trinajstić information content (AvgIpc) is 2.34. The van der Waals surface area contributed by atoms with E-state index in [9.17, 15) is 4.79 Å². The van der Waals surface area contributed by atoms with Crippen LogP contribution in [-0.4, -0.2) is 25.7 Å². The van der Waals surface area contributed by atoms with Crippen LogP contribution in [0.25, 0.3) is 0 Å². The van der Waals surface area contributed by atoms with E-state index >= 15 is 0 Å². The van der Waals surface area contributed by atoms with E-state index in [0.29, 0.717) is 19.7 Å². The van der Waals surface area contributed by atoms with Gasteiger partial charge in [-0.1, -0.05) is 24.6 Å². The average molecular weight is 264 g/mol. The van der Waals surface area contributed by atoms with Crippen LogP contribution >= 0.6 is 0 Å². The Hall–Kier alpha value is -1.71. The van der Waals surface area contributed by atoms with Crippen molar-refractivity contribution in [3.05, 3.63) is 28.8 Å². The van der Waals surface area contributed by atoms with Gasteiger partial charge in [0.25, 0.3) is 0 Å². The summed E-state index contributed by atoms with van der Waals surface area (Å²) in [6, 6.07) is 4.07. The molecule has 106 valence electrons. The van der Waals surface area contributed by atoms with Gasteiger partial charge in [-0.25, -0.2) is 4.79 Å². The smallest absolute Gasteiger partial charge is 0.314 e. The number of nitrogens with one attached hydrogen (secondary N) is 2. The molecule has 0 aliphatic rings. The highest BCUT2D eigenvalue weighted by Crippen LogP contribution is 2.24. The highest BCUT2D eigenvalue weighted by molar-refractivity contribution is 5.73. The molecule has 0 atom stereocenters. The van der Waals surface area contributed by atoms with Crippen molar-refractivity contribution in [2.75, 3.05) is 19.7 Å². The van der Waals surface area contributed by atoms with E-state index < -0.39 is 0 Å². The molecule has 4 nitrogen and oxygen atoms in total. The predicted octanol–water partition coefficient (Wildman–Crippen LogP) is 2.70. The van der Waals surface area contributed by atoms with Crippen LogP contribution in [0.15, 0.2) is 12.1 Å². The van der Waals surface area contributed by atoms with Crippen LogP contribution in [-0.2, 0) is 0 Å². The van der Waals surface area contributed by atoms with Crippen LogP contribution < -0.4 is 15.4 Å². The molecule has 0 aliphatic carbocycles. The number of carbonyl (C=O) groups is 1. The molecule has 1 aromatic rings. The van der Waals surface area contributed by atoms with Gasteiger partial charge in [0.15, 0.2) is 0 Å². The summed E-state index contributed by atoms with van der Waals surface area (Å²) < 4.78 is 5.73. The first kappa shape index (κ1) is 15.3. The second kappa shape index (κ2) is 7.67. The van der Waals surface area contributed by atoms with Crippen LogP contribution in [0.5, 0.6) is 5.75 Å². The Bertz CT molecular complexity index is 407. The molecule has 1 rings (SSSR count). The van der Waals surface area contributed by atoms with E-state index in [1.54, 1.807) is 0 Å². The van der Waals surface area contributed by atoms with Crippen molar-refractivity contribution in [3.63, 3.8) is 0 Å². The van der Waals surface area contributed by atoms with Crippen LogP contribution in [0.3, 0.4) is 0 Å². The van der Waals surface area contributed by atoms with E-state index in [1.165, 1.54) is 5.56 Å². The van der Waals surface area contributed by atoms with Crippen LogP contribution in [0, 0.1) is 20.8 Å². The number of carbonyl (C=O) groups excluding carboxylic acids is 1. The number of hydrogen-bond donors (Lipinski definition) is 2. The Morgan fingerprint density at radius 1 is 1.11 bits per heavy atom. The normalized spacial score (nSPS) is 10.1. The van der Waals surface area contributed by atoms with Gasteiger partial charge in [0.05, 0.1) is 6.54 Å². The van der Waals surface area contributed by atoms with Crippen LogP contribution in [0.4, 0.5) is 4.79 Å². The van der Waals surface area contributed by atoms with Crippen LogP contribution in [0.1, 0.15) is 30.0 Å². The molecule has 2 amide bonds. The minimum Gasteiger partial charge on any atom is -0.491 e. The second-order valence-corrected chi connectivity index (χ2v) is 4.76. The maximum atomic E-state index is 11.3. The van der Waals surface area contributed by atoms with Crippen molar-refractivity contribution in [1.29, 1.82) is 0 Å². The van der Waals surface area contributed by atoms with Gasteiger partial charge in [0, 0.05) is 6.54 Å². The maximum absolute atomic E-state index is 11.3. The lowest BCUT2D eigenvalue weighted by atomic mass is 10.1. The zero-order chi connectivity index (χ0) is 14.3. The Morgan fingerprint density at radius 2 is 1.68 bits per heavy atom. The summed E-state index contributed by atoms with van der Waals surface area (Å²) in [6.45, 7) is 9.85. The first-order chi connectivity index (χ1) is 9.04. The third-order valence-corrected chi connectivity index (χ3v) is 2.77. The lowest BCUT2D eigenvalue weighted by Gasteiger charge is -2.13. The van der Waals surface area contributed by atoms with Crippen LogP contribution in [0.2, 0.25) is 0 Å².